The molecule has 0 aliphatic carbocycles. The molecule has 1 atom stereocenters. The second-order valence-corrected chi connectivity index (χ2v) is 8.93. The molecule has 0 spiro atoms. The molecule has 3 aromatic rings. The smallest absolute Gasteiger partial charge is 0.283 e. The Kier molecular flexibility index (Phi) is 6.18. The Bertz CT molecular complexity index is 1290. The largest absolute Gasteiger partial charge is 0.485 e. The highest BCUT2D eigenvalue weighted by Crippen LogP contribution is 2.30. The third-order valence-corrected chi connectivity index (χ3v) is 6.30. The van der Waals surface area contributed by atoms with Gasteiger partial charge in [0.1, 0.15) is 6.61 Å². The average molecular weight is 468 g/mol. The standard InChI is InChI=1S/C23H21N3O6S/c1-15-6-2-3-7-18(15)26-33(29,30)17-12-10-16(11-13-17)22(27)24-25-23(28)21-14-31-19-8-4-5-9-20(19)32-21/h2-13,21,26H,14H2,1H3,(H,24,27)(H,25,28). The summed E-state index contributed by atoms with van der Waals surface area (Å²) in [6.07, 6.45) is -0.930. The van der Waals surface area contributed by atoms with E-state index in [-0.39, 0.29) is 17.1 Å². The van der Waals surface area contributed by atoms with Crippen molar-refractivity contribution < 1.29 is 27.5 Å². The molecule has 4 rings (SSSR count). The number of ether oxygens (including phenoxy) is 2. The normalized spacial score (nSPS) is 14.8. The Morgan fingerprint density at radius 3 is 2.27 bits per heavy atom. The Morgan fingerprint density at radius 1 is 0.879 bits per heavy atom. The van der Waals surface area contributed by atoms with Crippen molar-refractivity contribution in [2.45, 2.75) is 17.9 Å². The van der Waals surface area contributed by atoms with Gasteiger partial charge in [-0.1, -0.05) is 30.3 Å². The number of rotatable bonds is 5. The number of nitrogens with one attached hydrogen (secondary N) is 3. The maximum Gasteiger partial charge on any atom is 0.283 e. The predicted molar refractivity (Wildman–Crippen MR) is 120 cm³/mol. The molecule has 1 unspecified atom stereocenters. The summed E-state index contributed by atoms with van der Waals surface area (Å²) in [6, 6.07) is 19.3. The maximum absolute atomic E-state index is 12.6. The number of carbonyl (C=O) groups is 2. The molecule has 3 aromatic carbocycles. The number of amides is 2. The first-order chi connectivity index (χ1) is 15.8. The zero-order valence-corrected chi connectivity index (χ0v) is 18.4. The molecule has 0 radical (unpaired) electrons. The fraction of sp³-hybridized carbons (Fsp3) is 0.130. The number of carbonyl (C=O) groups excluding carboxylic acids is 2. The van der Waals surface area contributed by atoms with E-state index in [1.807, 2.05) is 6.07 Å². The first-order valence-corrected chi connectivity index (χ1v) is 11.5. The molecule has 10 heteroatoms. The van der Waals surface area contributed by atoms with E-state index in [2.05, 4.69) is 15.6 Å². The van der Waals surface area contributed by atoms with Gasteiger partial charge in [0.2, 0.25) is 6.10 Å². The molecule has 170 valence electrons. The number of para-hydroxylation sites is 3. The van der Waals surface area contributed by atoms with Gasteiger partial charge in [-0.25, -0.2) is 8.42 Å². The summed E-state index contributed by atoms with van der Waals surface area (Å²) in [5.41, 5.74) is 5.99. The predicted octanol–water partition coefficient (Wildman–Crippen LogP) is 2.40. The Labute approximate surface area is 190 Å². The molecule has 33 heavy (non-hydrogen) atoms. The molecular weight excluding hydrogens is 446 g/mol. The fourth-order valence-corrected chi connectivity index (χ4v) is 4.23. The second-order valence-electron chi connectivity index (χ2n) is 7.25. The topological polar surface area (TPSA) is 123 Å². The van der Waals surface area contributed by atoms with Gasteiger partial charge in [0.05, 0.1) is 10.6 Å². The van der Waals surface area contributed by atoms with Crippen LogP contribution in [-0.4, -0.2) is 32.9 Å². The highest BCUT2D eigenvalue weighted by molar-refractivity contribution is 7.92. The van der Waals surface area contributed by atoms with Gasteiger partial charge in [-0.05, 0) is 55.0 Å². The number of hydrogen-bond donors (Lipinski definition) is 3. The van der Waals surface area contributed by atoms with E-state index in [0.29, 0.717) is 17.2 Å². The zero-order valence-electron chi connectivity index (χ0n) is 17.6. The molecule has 1 heterocycles. The first kappa shape index (κ1) is 22.2. The lowest BCUT2D eigenvalue weighted by molar-refractivity contribution is -0.131. The van der Waals surface area contributed by atoms with Crippen LogP contribution >= 0.6 is 0 Å². The number of hydrazine groups is 1. The van der Waals surface area contributed by atoms with Crippen LogP contribution in [-0.2, 0) is 14.8 Å². The van der Waals surface area contributed by atoms with Crippen LogP contribution in [0.1, 0.15) is 15.9 Å². The van der Waals surface area contributed by atoms with Crippen LogP contribution in [0.4, 0.5) is 5.69 Å². The molecule has 0 aromatic heterocycles. The van der Waals surface area contributed by atoms with Gasteiger partial charge >= 0.3 is 0 Å². The number of fused-ring (bicyclic) bond motifs is 1. The molecular formula is C23H21N3O6S. The number of benzene rings is 3. The molecule has 0 fully saturated rings. The molecule has 3 N–H and O–H groups in total. The summed E-state index contributed by atoms with van der Waals surface area (Å²) >= 11 is 0. The number of anilines is 1. The summed E-state index contributed by atoms with van der Waals surface area (Å²) in [4.78, 5) is 24.7. The molecule has 1 aliphatic rings. The van der Waals surface area contributed by atoms with Gasteiger partial charge in [-0.3, -0.25) is 25.2 Å². The Hall–Kier alpha value is -4.05. The monoisotopic (exact) mass is 467 g/mol. The molecule has 0 bridgehead atoms. The van der Waals surface area contributed by atoms with E-state index in [1.165, 1.54) is 24.3 Å². The summed E-state index contributed by atoms with van der Waals surface area (Å²) in [5.74, 6) is -0.223. The summed E-state index contributed by atoms with van der Waals surface area (Å²) < 4.78 is 38.8. The zero-order chi connectivity index (χ0) is 23.4. The summed E-state index contributed by atoms with van der Waals surface area (Å²) in [5, 5.41) is 0. The van der Waals surface area contributed by atoms with Crippen molar-refractivity contribution in [2.24, 2.45) is 0 Å². The highest BCUT2D eigenvalue weighted by Gasteiger charge is 2.27. The van der Waals surface area contributed by atoms with Gasteiger partial charge in [0.25, 0.3) is 21.8 Å². The van der Waals surface area contributed by atoms with Crippen molar-refractivity contribution in [1.29, 1.82) is 0 Å². The van der Waals surface area contributed by atoms with Gasteiger partial charge in [-0.15, -0.1) is 0 Å². The average Bonchev–Trinajstić information content (AvgIpc) is 2.83. The van der Waals surface area contributed by atoms with Gasteiger partial charge in [0, 0.05) is 5.56 Å². The van der Waals surface area contributed by atoms with Gasteiger partial charge in [0.15, 0.2) is 11.5 Å². The van der Waals surface area contributed by atoms with Gasteiger partial charge in [-0.2, -0.15) is 0 Å². The van der Waals surface area contributed by atoms with Crippen molar-refractivity contribution in [3.05, 3.63) is 83.9 Å². The number of hydrogen-bond acceptors (Lipinski definition) is 6. The highest BCUT2D eigenvalue weighted by atomic mass is 32.2. The van der Waals surface area contributed by atoms with Crippen LogP contribution in [0, 0.1) is 6.92 Å². The minimum Gasteiger partial charge on any atom is -0.485 e. The van der Waals surface area contributed by atoms with E-state index >= 15 is 0 Å². The van der Waals surface area contributed by atoms with Crippen LogP contribution in [0.3, 0.4) is 0 Å². The Morgan fingerprint density at radius 2 is 1.55 bits per heavy atom. The van der Waals surface area contributed by atoms with Gasteiger partial charge < -0.3 is 9.47 Å². The van der Waals surface area contributed by atoms with Crippen molar-refractivity contribution in [3.63, 3.8) is 0 Å². The maximum atomic E-state index is 12.6. The van der Waals surface area contributed by atoms with Crippen molar-refractivity contribution in [1.82, 2.24) is 10.9 Å². The van der Waals surface area contributed by atoms with Crippen LogP contribution in [0.2, 0.25) is 0 Å². The molecule has 0 saturated heterocycles. The van der Waals surface area contributed by atoms with E-state index in [4.69, 9.17) is 9.47 Å². The van der Waals surface area contributed by atoms with Crippen LogP contribution < -0.4 is 25.0 Å². The number of aryl methyl sites for hydroxylation is 1. The summed E-state index contributed by atoms with van der Waals surface area (Å²) in [6.45, 7) is 1.79. The lowest BCUT2D eigenvalue weighted by Crippen LogP contribution is -2.50. The van der Waals surface area contributed by atoms with E-state index in [9.17, 15) is 18.0 Å². The molecule has 1 aliphatic heterocycles. The van der Waals surface area contributed by atoms with Crippen LogP contribution in [0.5, 0.6) is 11.5 Å². The van der Waals surface area contributed by atoms with Crippen LogP contribution in [0.15, 0.2) is 77.7 Å². The van der Waals surface area contributed by atoms with E-state index < -0.39 is 27.9 Å². The fourth-order valence-electron chi connectivity index (χ4n) is 3.10. The SMILES string of the molecule is Cc1ccccc1NS(=O)(=O)c1ccc(C(=O)NNC(=O)C2COc3ccccc3O2)cc1. The number of sulfonamides is 1. The van der Waals surface area contributed by atoms with Crippen molar-refractivity contribution >= 4 is 27.5 Å². The van der Waals surface area contributed by atoms with Crippen molar-refractivity contribution in [2.75, 3.05) is 11.3 Å². The van der Waals surface area contributed by atoms with Crippen LogP contribution in [0.25, 0.3) is 0 Å². The lowest BCUT2D eigenvalue weighted by Gasteiger charge is -2.25. The molecule has 2 amide bonds. The minimum absolute atomic E-state index is 0.000831. The third-order valence-electron chi connectivity index (χ3n) is 4.92. The van der Waals surface area contributed by atoms with E-state index in [1.54, 1.807) is 49.4 Å². The Balaban J connectivity index is 1.35. The van der Waals surface area contributed by atoms with E-state index in [0.717, 1.165) is 5.56 Å². The quantitative estimate of drug-likeness (QED) is 0.495. The molecule has 9 nitrogen and oxygen atoms in total. The summed E-state index contributed by atoms with van der Waals surface area (Å²) in [7, 11) is -3.82. The van der Waals surface area contributed by atoms with Crippen molar-refractivity contribution in [3.8, 4) is 11.5 Å². The lowest BCUT2D eigenvalue weighted by atomic mass is 10.2. The minimum atomic E-state index is -3.82. The first-order valence-electron chi connectivity index (χ1n) is 10.0. The third kappa shape index (κ3) is 5.07. The second kappa shape index (κ2) is 9.21. The molecule has 0 saturated carbocycles.